The summed E-state index contributed by atoms with van der Waals surface area (Å²) in [6.45, 7) is 4.48. The van der Waals surface area contributed by atoms with E-state index in [1.807, 2.05) is 78.9 Å². The molecule has 1 aliphatic rings. The molecule has 0 unspecified atom stereocenters. The molecular weight excluding hydrogens is 472 g/mol. The molecule has 0 saturated heterocycles. The zero-order valence-electron chi connectivity index (χ0n) is 19.1. The Morgan fingerprint density at radius 3 is 2.44 bits per heavy atom. The third-order valence-corrected chi connectivity index (χ3v) is 7.00. The number of para-hydroxylation sites is 1. The zero-order valence-corrected chi connectivity index (χ0v) is 19.9. The summed E-state index contributed by atoms with van der Waals surface area (Å²) in [7, 11) is 0. The minimum atomic E-state index is -0.348. The number of rotatable bonds is 6. The monoisotopic (exact) mass is 492 g/mol. The van der Waals surface area contributed by atoms with Gasteiger partial charge in [0.05, 0.1) is 17.8 Å². The van der Waals surface area contributed by atoms with Gasteiger partial charge in [-0.3, -0.25) is 9.59 Å². The minimum Gasteiger partial charge on any atom is -0.490 e. The van der Waals surface area contributed by atoms with Gasteiger partial charge in [-0.25, -0.2) is 0 Å². The van der Waals surface area contributed by atoms with Gasteiger partial charge in [0, 0.05) is 11.1 Å². The predicted molar refractivity (Wildman–Crippen MR) is 140 cm³/mol. The third-order valence-electron chi connectivity index (χ3n) is 5.97. The van der Waals surface area contributed by atoms with Crippen LogP contribution in [0.3, 0.4) is 0 Å². The van der Waals surface area contributed by atoms with Gasteiger partial charge >= 0.3 is 0 Å². The van der Waals surface area contributed by atoms with E-state index in [-0.39, 0.29) is 11.5 Å². The van der Waals surface area contributed by atoms with E-state index < -0.39 is 0 Å². The van der Waals surface area contributed by atoms with E-state index in [2.05, 4.69) is 16.7 Å². The van der Waals surface area contributed by atoms with E-state index in [9.17, 15) is 9.59 Å². The first kappa shape index (κ1) is 21.9. The van der Waals surface area contributed by atoms with Gasteiger partial charge in [-0.2, -0.15) is 9.50 Å². The highest BCUT2D eigenvalue weighted by atomic mass is 32.1. The molecule has 0 atom stereocenters. The van der Waals surface area contributed by atoms with E-state index >= 15 is 0 Å². The van der Waals surface area contributed by atoms with Crippen molar-refractivity contribution >= 4 is 33.5 Å². The highest BCUT2D eigenvalue weighted by molar-refractivity contribution is 7.15. The molecule has 8 heteroatoms. The van der Waals surface area contributed by atoms with Crippen LogP contribution >= 0.6 is 11.3 Å². The molecule has 1 aliphatic heterocycles. The number of hydrogen-bond donors (Lipinski definition) is 0. The summed E-state index contributed by atoms with van der Waals surface area (Å²) in [6.07, 6.45) is 1.68. The van der Waals surface area contributed by atoms with Gasteiger partial charge in [0.25, 0.3) is 11.5 Å². The van der Waals surface area contributed by atoms with E-state index in [0.717, 1.165) is 22.4 Å². The summed E-state index contributed by atoms with van der Waals surface area (Å²) in [6, 6.07) is 24.7. The quantitative estimate of drug-likeness (QED) is 0.337. The number of aromatic nitrogens is 3. The first-order valence-electron chi connectivity index (χ1n) is 11.4. The Kier molecular flexibility index (Phi) is 5.42. The Hall–Kier alpha value is -4.56. The first-order chi connectivity index (χ1) is 17.6. The van der Waals surface area contributed by atoms with Gasteiger partial charge in [-0.05, 0) is 35.9 Å². The maximum atomic E-state index is 13.6. The summed E-state index contributed by atoms with van der Waals surface area (Å²) in [5, 5.41) is 4.44. The summed E-state index contributed by atoms with van der Waals surface area (Å²) in [5.41, 5.74) is 3.36. The molecule has 0 spiro atoms. The number of nitrogens with zero attached hydrogens (tertiary/aromatic N) is 4. The van der Waals surface area contributed by atoms with Crippen LogP contribution in [0.25, 0.3) is 21.9 Å². The van der Waals surface area contributed by atoms with Crippen molar-refractivity contribution in [2.75, 3.05) is 11.5 Å². The summed E-state index contributed by atoms with van der Waals surface area (Å²) in [4.78, 5) is 33.7. The van der Waals surface area contributed by atoms with Crippen molar-refractivity contribution in [2.24, 2.45) is 0 Å². The van der Waals surface area contributed by atoms with Crippen LogP contribution in [0.5, 0.6) is 5.75 Å². The molecule has 0 saturated carbocycles. The minimum absolute atomic E-state index is 0.197. The number of amides is 1. The molecule has 6 rings (SSSR count). The SMILES string of the molecule is C=CCOc1ccc(-c2nc3s/c(=C4\C(=O)N(Cc5ccccc5)c5ccccc54)c(=O)n3n2)cc1. The van der Waals surface area contributed by atoms with Crippen LogP contribution < -0.4 is 19.7 Å². The average Bonchev–Trinajstić information content (AvgIpc) is 3.55. The fraction of sp³-hybridized carbons (Fsp3) is 0.0714. The number of ether oxygens (including phenoxy) is 1. The van der Waals surface area contributed by atoms with Crippen molar-refractivity contribution in [1.82, 2.24) is 14.6 Å². The lowest BCUT2D eigenvalue weighted by atomic mass is 10.1. The second-order valence-electron chi connectivity index (χ2n) is 8.26. The van der Waals surface area contributed by atoms with Crippen molar-refractivity contribution < 1.29 is 9.53 Å². The van der Waals surface area contributed by atoms with Crippen molar-refractivity contribution in [3.63, 3.8) is 0 Å². The molecule has 5 aromatic rings. The van der Waals surface area contributed by atoms with E-state index in [1.54, 1.807) is 11.0 Å². The van der Waals surface area contributed by atoms with Gasteiger partial charge in [-0.1, -0.05) is 72.5 Å². The zero-order chi connectivity index (χ0) is 24.6. The van der Waals surface area contributed by atoms with Gasteiger partial charge in [0.15, 0.2) is 5.82 Å². The molecule has 0 radical (unpaired) electrons. The van der Waals surface area contributed by atoms with Crippen molar-refractivity contribution in [2.45, 2.75) is 6.54 Å². The number of thiazole rings is 1. The van der Waals surface area contributed by atoms with Crippen LogP contribution in [0.4, 0.5) is 5.69 Å². The van der Waals surface area contributed by atoms with Crippen LogP contribution in [0, 0.1) is 0 Å². The number of anilines is 1. The predicted octanol–water partition coefficient (Wildman–Crippen LogP) is 3.85. The van der Waals surface area contributed by atoms with Crippen LogP contribution in [-0.2, 0) is 11.3 Å². The lowest BCUT2D eigenvalue weighted by Crippen LogP contribution is -2.32. The largest absolute Gasteiger partial charge is 0.490 e. The maximum absolute atomic E-state index is 13.6. The maximum Gasteiger partial charge on any atom is 0.291 e. The highest BCUT2D eigenvalue weighted by Gasteiger charge is 2.34. The molecule has 0 aliphatic carbocycles. The van der Waals surface area contributed by atoms with E-state index in [4.69, 9.17) is 4.74 Å². The van der Waals surface area contributed by atoms with Crippen molar-refractivity contribution in [3.05, 3.63) is 118 Å². The van der Waals surface area contributed by atoms with Gasteiger partial charge in [-0.15, -0.1) is 5.10 Å². The lowest BCUT2D eigenvalue weighted by molar-refractivity contribution is -0.113. The molecule has 0 bridgehead atoms. The van der Waals surface area contributed by atoms with Crippen molar-refractivity contribution in [1.29, 1.82) is 0 Å². The van der Waals surface area contributed by atoms with Crippen LogP contribution in [0.2, 0.25) is 0 Å². The second kappa shape index (κ2) is 8.90. The van der Waals surface area contributed by atoms with E-state index in [0.29, 0.717) is 39.8 Å². The second-order valence-corrected chi connectivity index (χ2v) is 9.24. The number of carbonyl (C=O) groups excluding carboxylic acids is 1. The molecule has 7 nitrogen and oxygen atoms in total. The van der Waals surface area contributed by atoms with Crippen LogP contribution in [0.15, 0.2) is 96.3 Å². The number of carbonyl (C=O) groups is 1. The molecule has 0 fully saturated rings. The molecule has 3 heterocycles. The Morgan fingerprint density at radius 2 is 1.69 bits per heavy atom. The Balaban J connectivity index is 1.41. The fourth-order valence-electron chi connectivity index (χ4n) is 4.29. The Bertz CT molecular complexity index is 1720. The smallest absolute Gasteiger partial charge is 0.291 e. The fourth-order valence-corrected chi connectivity index (χ4v) is 5.28. The molecule has 2 aromatic heterocycles. The number of fused-ring (bicyclic) bond motifs is 2. The summed E-state index contributed by atoms with van der Waals surface area (Å²) >= 11 is 1.18. The van der Waals surface area contributed by atoms with Gasteiger partial charge in [0.1, 0.15) is 16.9 Å². The van der Waals surface area contributed by atoms with Crippen LogP contribution in [0.1, 0.15) is 11.1 Å². The average molecular weight is 493 g/mol. The molecular formula is C28H20N4O3S. The molecule has 0 N–H and O–H groups in total. The van der Waals surface area contributed by atoms with Crippen LogP contribution in [-0.4, -0.2) is 27.1 Å². The number of hydrogen-bond acceptors (Lipinski definition) is 6. The first-order valence-corrected chi connectivity index (χ1v) is 12.2. The molecule has 1 amide bonds. The standard InChI is InChI=1S/C28H20N4O3S/c1-2-16-35-20-14-12-19(13-15-20)25-29-28-32(30-25)27(34)24(36-28)23-21-10-6-7-11-22(21)31(26(23)33)17-18-8-4-3-5-9-18/h2-15H,1,16-17H2/b24-23-. The molecule has 176 valence electrons. The van der Waals surface area contributed by atoms with Crippen molar-refractivity contribution in [3.8, 4) is 17.1 Å². The summed E-state index contributed by atoms with van der Waals surface area (Å²) in [5.74, 6) is 0.951. The van der Waals surface area contributed by atoms with E-state index in [1.165, 1.54) is 15.9 Å². The lowest BCUT2D eigenvalue weighted by Gasteiger charge is -2.17. The summed E-state index contributed by atoms with van der Waals surface area (Å²) < 4.78 is 7.14. The highest BCUT2D eigenvalue weighted by Crippen LogP contribution is 2.36. The molecule has 36 heavy (non-hydrogen) atoms. The Labute approximate surface area is 210 Å². The van der Waals surface area contributed by atoms with Gasteiger partial charge < -0.3 is 9.64 Å². The molecule has 3 aromatic carbocycles. The van der Waals surface area contributed by atoms with Gasteiger partial charge in [0.2, 0.25) is 4.96 Å². The number of benzene rings is 3. The normalized spacial score (nSPS) is 14.3. The Morgan fingerprint density at radius 1 is 0.944 bits per heavy atom. The topological polar surface area (TPSA) is 76.8 Å². The third kappa shape index (κ3) is 3.68.